The number of carbonyl (C=O) groups excluding carboxylic acids is 3. The predicted octanol–water partition coefficient (Wildman–Crippen LogP) is 5.18. The van der Waals surface area contributed by atoms with E-state index in [1.54, 1.807) is 0 Å². The van der Waals surface area contributed by atoms with Crippen LogP contribution in [0.3, 0.4) is 0 Å². The fourth-order valence-corrected chi connectivity index (χ4v) is 8.12. The van der Waals surface area contributed by atoms with Gasteiger partial charge >= 0.3 is 11.9 Å². The molecule has 0 amide bonds. The average Bonchev–Trinajstić information content (AvgIpc) is 2.90. The second kappa shape index (κ2) is 7.56. The summed E-state index contributed by atoms with van der Waals surface area (Å²) in [6.45, 7) is 11.6. The molecule has 4 aliphatic carbocycles. The Balaban J connectivity index is 1.72. The maximum absolute atomic E-state index is 12.8. The molecule has 176 valence electrons. The van der Waals surface area contributed by atoms with E-state index in [9.17, 15) is 14.4 Å². The molecule has 5 heteroatoms. The Kier molecular flexibility index (Phi) is 5.50. The lowest BCUT2D eigenvalue weighted by Crippen LogP contribution is -2.64. The number of ether oxygens (including phenoxy) is 2. The van der Waals surface area contributed by atoms with E-state index in [4.69, 9.17) is 9.47 Å². The maximum Gasteiger partial charge on any atom is 0.333 e. The van der Waals surface area contributed by atoms with Crippen molar-refractivity contribution in [2.75, 3.05) is 0 Å². The minimum absolute atomic E-state index is 0.0825. The van der Waals surface area contributed by atoms with Gasteiger partial charge in [-0.3, -0.25) is 4.79 Å². The van der Waals surface area contributed by atoms with Crippen molar-refractivity contribution in [2.45, 2.75) is 92.3 Å². The van der Waals surface area contributed by atoms with Crippen LogP contribution in [0.25, 0.3) is 0 Å². The number of esters is 2. The van der Waals surface area contributed by atoms with E-state index in [1.807, 2.05) is 26.8 Å². The third-order valence-electron chi connectivity index (χ3n) is 9.87. The first-order valence-electron chi connectivity index (χ1n) is 12.1. The van der Waals surface area contributed by atoms with Gasteiger partial charge in [0.05, 0.1) is 5.41 Å². The van der Waals surface area contributed by atoms with Gasteiger partial charge in [-0.25, -0.2) is 4.79 Å². The number of carbonyl (C=O) groups is 3. The van der Waals surface area contributed by atoms with Gasteiger partial charge in [0.2, 0.25) is 0 Å². The quantitative estimate of drug-likeness (QED) is 0.260. The van der Waals surface area contributed by atoms with Crippen molar-refractivity contribution in [3.8, 4) is 0 Å². The normalized spacial score (nSPS) is 47.2. The monoisotopic (exact) mass is 442 g/mol. The van der Waals surface area contributed by atoms with E-state index in [0.717, 1.165) is 38.4 Å². The lowest BCUT2D eigenvalue weighted by Gasteiger charge is -2.66. The fourth-order valence-electron chi connectivity index (χ4n) is 8.12. The molecule has 1 spiro atoms. The van der Waals surface area contributed by atoms with Gasteiger partial charge in [0.15, 0.2) is 0 Å². The topological polar surface area (TPSA) is 69.7 Å². The number of aldehydes is 1. The lowest BCUT2D eigenvalue weighted by molar-refractivity contribution is -0.218. The summed E-state index contributed by atoms with van der Waals surface area (Å²) in [4.78, 5) is 37.0. The molecule has 0 N–H and O–H groups in total. The van der Waals surface area contributed by atoms with Gasteiger partial charge in [-0.1, -0.05) is 32.1 Å². The first-order chi connectivity index (χ1) is 15.0. The third kappa shape index (κ3) is 3.06. The van der Waals surface area contributed by atoms with Gasteiger partial charge in [0.1, 0.15) is 18.5 Å². The summed E-state index contributed by atoms with van der Waals surface area (Å²) in [5, 5.41) is 0. The molecule has 4 rings (SSSR count). The molecule has 0 aromatic carbocycles. The molecule has 0 aromatic rings. The molecule has 3 fully saturated rings. The molecule has 0 saturated heterocycles. The molecule has 5 nitrogen and oxygen atoms in total. The summed E-state index contributed by atoms with van der Waals surface area (Å²) < 4.78 is 11.9. The number of fused-ring (bicyclic) bond motifs is 3. The summed E-state index contributed by atoms with van der Waals surface area (Å²) in [5.41, 5.74) is -0.480. The SMILES string of the molecule is C/C=C(\C)C(=O)O[C@@H]1[C@]23C=C[C@@]1(C)CC[C@H]2[C@]1(C)CC[C@@H](OC(C)=O)[C@@](C)(C=O)[C@H]1CC3. The van der Waals surface area contributed by atoms with Crippen LogP contribution in [0, 0.1) is 33.5 Å². The Morgan fingerprint density at radius 2 is 1.62 bits per heavy atom. The van der Waals surface area contributed by atoms with E-state index in [-0.39, 0.29) is 46.3 Å². The largest absolute Gasteiger partial charge is 0.462 e. The maximum atomic E-state index is 12.8. The average molecular weight is 443 g/mol. The molecule has 2 bridgehead atoms. The molecular weight excluding hydrogens is 404 g/mol. The smallest absolute Gasteiger partial charge is 0.333 e. The zero-order valence-electron chi connectivity index (χ0n) is 20.4. The van der Waals surface area contributed by atoms with Crippen molar-refractivity contribution in [3.63, 3.8) is 0 Å². The van der Waals surface area contributed by atoms with Crippen LogP contribution in [0.5, 0.6) is 0 Å². The van der Waals surface area contributed by atoms with Gasteiger partial charge < -0.3 is 14.3 Å². The van der Waals surface area contributed by atoms with Crippen LogP contribution >= 0.6 is 0 Å². The molecule has 0 aromatic heterocycles. The summed E-state index contributed by atoms with van der Waals surface area (Å²) >= 11 is 0. The summed E-state index contributed by atoms with van der Waals surface area (Å²) in [7, 11) is 0. The van der Waals surface area contributed by atoms with Crippen molar-refractivity contribution < 1.29 is 23.9 Å². The number of allylic oxidation sites excluding steroid dienone is 1. The summed E-state index contributed by atoms with van der Waals surface area (Å²) in [5.74, 6) is -0.0940. The summed E-state index contributed by atoms with van der Waals surface area (Å²) in [6, 6.07) is 0. The van der Waals surface area contributed by atoms with E-state index >= 15 is 0 Å². The van der Waals surface area contributed by atoms with Crippen LogP contribution in [-0.2, 0) is 23.9 Å². The highest BCUT2D eigenvalue weighted by atomic mass is 16.5. The van der Waals surface area contributed by atoms with Gasteiger partial charge in [-0.05, 0) is 76.5 Å². The highest BCUT2D eigenvalue weighted by Gasteiger charge is 2.70. The van der Waals surface area contributed by atoms with Gasteiger partial charge in [0.25, 0.3) is 0 Å². The highest BCUT2D eigenvalue weighted by Crippen LogP contribution is 2.72. The number of rotatable bonds is 4. The minimum atomic E-state index is -0.697. The van der Waals surface area contributed by atoms with Crippen LogP contribution in [0.15, 0.2) is 23.8 Å². The number of hydrogen-bond acceptors (Lipinski definition) is 5. The van der Waals surface area contributed by atoms with E-state index in [1.165, 1.54) is 6.92 Å². The Labute approximate surface area is 192 Å². The third-order valence-corrected chi connectivity index (χ3v) is 9.87. The van der Waals surface area contributed by atoms with Crippen LogP contribution in [-0.4, -0.2) is 30.4 Å². The molecule has 32 heavy (non-hydrogen) atoms. The first kappa shape index (κ1) is 23.3. The molecule has 0 aliphatic heterocycles. The second-order valence-corrected chi connectivity index (χ2v) is 11.5. The van der Waals surface area contributed by atoms with Crippen LogP contribution in [0.4, 0.5) is 0 Å². The van der Waals surface area contributed by atoms with Gasteiger partial charge in [-0.2, -0.15) is 0 Å². The van der Waals surface area contributed by atoms with Crippen molar-refractivity contribution in [1.29, 1.82) is 0 Å². The zero-order chi connectivity index (χ0) is 23.5. The van der Waals surface area contributed by atoms with Crippen LogP contribution in [0.1, 0.15) is 80.1 Å². The molecule has 8 atom stereocenters. The van der Waals surface area contributed by atoms with Crippen molar-refractivity contribution >= 4 is 18.2 Å². The first-order valence-corrected chi connectivity index (χ1v) is 12.1. The molecule has 0 radical (unpaired) electrons. The molecule has 4 aliphatic rings. The summed E-state index contributed by atoms with van der Waals surface area (Å²) in [6.07, 6.45) is 12.3. The zero-order valence-corrected chi connectivity index (χ0v) is 20.4. The van der Waals surface area contributed by atoms with E-state index < -0.39 is 5.41 Å². The minimum Gasteiger partial charge on any atom is -0.462 e. The molecule has 0 heterocycles. The highest BCUT2D eigenvalue weighted by molar-refractivity contribution is 5.88. The molecule has 3 saturated carbocycles. The van der Waals surface area contributed by atoms with Crippen molar-refractivity contribution in [3.05, 3.63) is 23.8 Å². The fraction of sp³-hybridized carbons (Fsp3) is 0.741. The standard InChI is InChI=1S/C27H38O5/c1-7-17(2)22(30)32-23-24(4)11-8-20-25(5)12-10-21(31-18(3)29)26(6,16-28)19(25)9-13-27(20,23)15-14-24/h7,14-16,19-21,23H,8-13H2,1-6H3/b17-7+/t19-,20-,21+,23-,24+,25+,26-,27+/m0/s1. The Morgan fingerprint density at radius 1 is 0.938 bits per heavy atom. The predicted molar refractivity (Wildman–Crippen MR) is 122 cm³/mol. The number of hydrogen-bond donors (Lipinski definition) is 0. The second-order valence-electron chi connectivity index (χ2n) is 11.5. The van der Waals surface area contributed by atoms with Gasteiger partial charge in [-0.15, -0.1) is 0 Å². The van der Waals surface area contributed by atoms with E-state index in [2.05, 4.69) is 26.0 Å². The van der Waals surface area contributed by atoms with Crippen molar-refractivity contribution in [2.24, 2.45) is 33.5 Å². The molecular formula is C27H38O5. The molecule has 0 unspecified atom stereocenters. The van der Waals surface area contributed by atoms with Crippen LogP contribution < -0.4 is 0 Å². The Morgan fingerprint density at radius 3 is 2.25 bits per heavy atom. The lowest BCUT2D eigenvalue weighted by atomic mass is 9.39. The van der Waals surface area contributed by atoms with Crippen LogP contribution in [0.2, 0.25) is 0 Å². The van der Waals surface area contributed by atoms with E-state index in [0.29, 0.717) is 17.9 Å². The van der Waals surface area contributed by atoms with Crippen molar-refractivity contribution in [1.82, 2.24) is 0 Å². The Bertz CT molecular complexity index is 888. The van der Waals surface area contributed by atoms with Gasteiger partial charge in [0, 0.05) is 23.3 Å². The Hall–Kier alpha value is -1.91.